The summed E-state index contributed by atoms with van der Waals surface area (Å²) in [7, 11) is 1.55. The van der Waals surface area contributed by atoms with E-state index >= 15 is 0 Å². The Morgan fingerprint density at radius 1 is 0.867 bits per heavy atom. The van der Waals surface area contributed by atoms with Gasteiger partial charge in [-0.25, -0.2) is 4.90 Å². The molecule has 0 radical (unpaired) electrons. The van der Waals surface area contributed by atoms with Crippen LogP contribution < -0.4 is 15.0 Å². The van der Waals surface area contributed by atoms with Gasteiger partial charge in [-0.05, 0) is 48.5 Å². The average Bonchev–Trinajstić information content (AvgIpc) is 3.00. The molecule has 2 amide bonds. The Bertz CT molecular complexity index is 1130. The quantitative estimate of drug-likeness (QED) is 0.529. The molecule has 1 N–H and O–H groups in total. The molecule has 7 heteroatoms. The summed E-state index contributed by atoms with van der Waals surface area (Å²) in [6.07, 6.45) is 0. The zero-order valence-electron chi connectivity index (χ0n) is 16.0. The van der Waals surface area contributed by atoms with Crippen molar-refractivity contribution in [3.8, 4) is 5.75 Å². The molecule has 4 rings (SSSR count). The van der Waals surface area contributed by atoms with E-state index in [9.17, 15) is 9.59 Å². The molecule has 0 unspecified atom stereocenters. The van der Waals surface area contributed by atoms with Gasteiger partial charge >= 0.3 is 0 Å². The fraction of sp³-hybridized carbons (Fsp3) is 0.0435. The van der Waals surface area contributed by atoms with E-state index < -0.39 is 5.91 Å². The molecule has 30 heavy (non-hydrogen) atoms. The van der Waals surface area contributed by atoms with Gasteiger partial charge in [-0.15, -0.1) is 0 Å². The Morgan fingerprint density at radius 3 is 2.23 bits per heavy atom. The van der Waals surface area contributed by atoms with Gasteiger partial charge in [0.25, 0.3) is 11.8 Å². The van der Waals surface area contributed by atoms with Crippen LogP contribution in [0.4, 0.5) is 11.4 Å². The van der Waals surface area contributed by atoms with Crippen molar-refractivity contribution in [1.82, 2.24) is 0 Å². The molecule has 1 heterocycles. The maximum absolute atomic E-state index is 13.3. The number of hydrogen-bond acceptors (Lipinski definition) is 5. The summed E-state index contributed by atoms with van der Waals surface area (Å²) in [6.45, 7) is 0. The molecule has 1 aliphatic heterocycles. The van der Waals surface area contributed by atoms with Gasteiger partial charge in [-0.2, -0.15) is 0 Å². The molecule has 0 spiro atoms. The van der Waals surface area contributed by atoms with E-state index in [4.69, 9.17) is 16.3 Å². The van der Waals surface area contributed by atoms with Gasteiger partial charge in [0.1, 0.15) is 16.4 Å². The van der Waals surface area contributed by atoms with Gasteiger partial charge in [0.15, 0.2) is 0 Å². The van der Waals surface area contributed by atoms with Crippen LogP contribution in [0.2, 0.25) is 5.02 Å². The molecule has 0 fully saturated rings. The number of hydrogen-bond donors (Lipinski definition) is 1. The first-order valence-corrected chi connectivity index (χ1v) is 10.3. The Hall–Kier alpha value is -3.22. The van der Waals surface area contributed by atoms with E-state index in [-0.39, 0.29) is 11.6 Å². The van der Waals surface area contributed by atoms with E-state index in [0.717, 1.165) is 4.90 Å². The Balaban J connectivity index is 1.76. The lowest BCUT2D eigenvalue weighted by Crippen LogP contribution is -2.32. The van der Waals surface area contributed by atoms with Crippen molar-refractivity contribution in [3.63, 3.8) is 0 Å². The van der Waals surface area contributed by atoms with Gasteiger partial charge in [0.2, 0.25) is 0 Å². The molecule has 0 saturated heterocycles. The van der Waals surface area contributed by atoms with Crippen LogP contribution in [-0.4, -0.2) is 18.9 Å². The number of methoxy groups -OCH3 is 1. The largest absolute Gasteiger partial charge is 0.495 e. The summed E-state index contributed by atoms with van der Waals surface area (Å²) in [5.74, 6) is -0.239. The predicted molar refractivity (Wildman–Crippen MR) is 120 cm³/mol. The first-order chi connectivity index (χ1) is 14.6. The van der Waals surface area contributed by atoms with Crippen LogP contribution >= 0.6 is 23.4 Å². The van der Waals surface area contributed by atoms with E-state index in [1.54, 1.807) is 55.6 Å². The monoisotopic (exact) mass is 436 g/mol. The maximum atomic E-state index is 13.3. The summed E-state index contributed by atoms with van der Waals surface area (Å²) in [5.41, 5.74) is 1.31. The minimum absolute atomic E-state index is 0.202. The molecule has 0 bridgehead atoms. The van der Waals surface area contributed by atoms with Crippen LogP contribution in [0.15, 0.2) is 94.4 Å². The van der Waals surface area contributed by atoms with Crippen molar-refractivity contribution in [1.29, 1.82) is 0 Å². The number of amides is 2. The number of benzene rings is 3. The van der Waals surface area contributed by atoms with Crippen molar-refractivity contribution in [2.45, 2.75) is 4.90 Å². The Morgan fingerprint density at radius 2 is 1.53 bits per heavy atom. The zero-order valence-corrected chi connectivity index (χ0v) is 17.5. The number of nitrogens with one attached hydrogen (secondary N) is 1. The Kier molecular flexibility index (Phi) is 5.79. The highest BCUT2D eigenvalue weighted by molar-refractivity contribution is 8.04. The number of rotatable bonds is 6. The number of nitrogens with zero attached hydrogens (tertiary/aromatic N) is 1. The molecular formula is C23H17ClN2O3S. The maximum Gasteiger partial charge on any atom is 0.283 e. The second-order valence-corrected chi connectivity index (χ2v) is 7.89. The molecule has 0 saturated carbocycles. The van der Waals surface area contributed by atoms with E-state index in [2.05, 4.69) is 5.32 Å². The topological polar surface area (TPSA) is 58.6 Å². The number of thioether (sulfide) groups is 1. The third kappa shape index (κ3) is 3.92. The van der Waals surface area contributed by atoms with Crippen LogP contribution in [-0.2, 0) is 9.59 Å². The normalized spacial score (nSPS) is 13.7. The smallest absolute Gasteiger partial charge is 0.283 e. The molecule has 3 aromatic carbocycles. The summed E-state index contributed by atoms with van der Waals surface area (Å²) in [5, 5.41) is 3.72. The SMILES string of the molecule is COc1ccccc1NC1=C(Sc2ccc(Cl)cc2)C(=O)N(c2ccccc2)C1=O. The highest BCUT2D eigenvalue weighted by Gasteiger charge is 2.40. The first kappa shape index (κ1) is 20.1. The van der Waals surface area contributed by atoms with Gasteiger partial charge < -0.3 is 10.1 Å². The van der Waals surface area contributed by atoms with Crippen molar-refractivity contribution < 1.29 is 14.3 Å². The first-order valence-electron chi connectivity index (χ1n) is 9.10. The highest BCUT2D eigenvalue weighted by atomic mass is 35.5. The summed E-state index contributed by atoms with van der Waals surface area (Å²) in [6, 6.07) is 23.2. The third-order valence-electron chi connectivity index (χ3n) is 4.46. The minimum Gasteiger partial charge on any atom is -0.495 e. The lowest BCUT2D eigenvalue weighted by molar-refractivity contribution is -0.120. The molecule has 3 aromatic rings. The number of imide groups is 1. The van der Waals surface area contributed by atoms with Crippen LogP contribution in [0, 0.1) is 0 Å². The average molecular weight is 437 g/mol. The molecule has 0 aliphatic carbocycles. The van der Waals surface area contributed by atoms with E-state index in [1.807, 2.05) is 30.3 Å². The Labute approximate surface area is 183 Å². The van der Waals surface area contributed by atoms with Crippen LogP contribution in [0.5, 0.6) is 5.75 Å². The number of anilines is 2. The predicted octanol–water partition coefficient (Wildman–Crippen LogP) is 5.34. The highest BCUT2D eigenvalue weighted by Crippen LogP contribution is 2.39. The van der Waals surface area contributed by atoms with Crippen LogP contribution in [0.3, 0.4) is 0 Å². The molecule has 0 aromatic heterocycles. The van der Waals surface area contributed by atoms with Crippen molar-refractivity contribution in [2.75, 3.05) is 17.3 Å². The minimum atomic E-state index is -0.423. The van der Waals surface area contributed by atoms with Crippen molar-refractivity contribution in [2.24, 2.45) is 0 Å². The number of carbonyl (C=O) groups excluding carboxylic acids is 2. The fourth-order valence-corrected chi connectivity index (χ4v) is 4.08. The van der Waals surface area contributed by atoms with Gasteiger partial charge in [0, 0.05) is 9.92 Å². The van der Waals surface area contributed by atoms with Gasteiger partial charge in [-0.1, -0.05) is 53.7 Å². The van der Waals surface area contributed by atoms with Crippen LogP contribution in [0.1, 0.15) is 0 Å². The fourth-order valence-electron chi connectivity index (χ4n) is 3.03. The van der Waals surface area contributed by atoms with Crippen LogP contribution in [0.25, 0.3) is 0 Å². The molecule has 5 nitrogen and oxygen atoms in total. The second kappa shape index (κ2) is 8.65. The second-order valence-electron chi connectivity index (χ2n) is 6.37. The van der Waals surface area contributed by atoms with Crippen molar-refractivity contribution >= 4 is 46.6 Å². The summed E-state index contributed by atoms with van der Waals surface area (Å²) >= 11 is 7.19. The summed E-state index contributed by atoms with van der Waals surface area (Å²) < 4.78 is 5.38. The molecule has 150 valence electrons. The lowest BCUT2D eigenvalue weighted by atomic mass is 10.2. The van der Waals surface area contributed by atoms with Gasteiger partial charge in [-0.3, -0.25) is 9.59 Å². The van der Waals surface area contributed by atoms with Crippen molar-refractivity contribution in [3.05, 3.63) is 94.5 Å². The number of halogens is 1. The van der Waals surface area contributed by atoms with E-state index in [1.165, 1.54) is 16.7 Å². The molecule has 0 atom stereocenters. The number of para-hydroxylation sites is 3. The molecule has 1 aliphatic rings. The number of carbonyl (C=O) groups is 2. The standard InChI is InChI=1S/C23H17ClN2O3S/c1-29-19-10-6-5-9-18(19)25-20-21(30-17-13-11-15(24)12-14-17)23(28)26(22(20)27)16-7-3-2-4-8-16/h2-14,25H,1H3. The third-order valence-corrected chi connectivity index (χ3v) is 5.80. The van der Waals surface area contributed by atoms with E-state index in [0.29, 0.717) is 27.1 Å². The van der Waals surface area contributed by atoms with Gasteiger partial charge in [0.05, 0.1) is 18.5 Å². The lowest BCUT2D eigenvalue weighted by Gasteiger charge is -2.15. The number of ether oxygens (including phenoxy) is 1. The zero-order chi connectivity index (χ0) is 21.1. The summed E-state index contributed by atoms with van der Waals surface area (Å²) in [4.78, 5) is 28.8. The molecular weight excluding hydrogens is 420 g/mol.